The monoisotopic (exact) mass is 436 g/mol. The number of para-hydroxylation sites is 2. The summed E-state index contributed by atoms with van der Waals surface area (Å²) in [6.07, 6.45) is 3.22. The van der Waals surface area contributed by atoms with Crippen molar-refractivity contribution in [3.63, 3.8) is 0 Å². The standard InChI is InChI=1S/C21H20N6O3S/c28-19(22-8-14-4-3-7-30-14)10-27-21(15-11-31-12-17(15)25-27)24-20(29)9-26-13-23-16-5-1-2-6-18(16)26/h1-7,13H,8-12H2,(H,22,28)(H,24,29). The van der Waals surface area contributed by atoms with E-state index in [1.54, 1.807) is 45.7 Å². The number of aromatic nitrogens is 4. The molecule has 0 spiro atoms. The number of rotatable bonds is 7. The Morgan fingerprint density at radius 2 is 2.00 bits per heavy atom. The van der Waals surface area contributed by atoms with Gasteiger partial charge in [-0.05, 0) is 24.3 Å². The Bertz CT molecular complexity index is 1240. The number of benzene rings is 1. The number of thioether (sulfide) groups is 1. The molecule has 3 aromatic heterocycles. The van der Waals surface area contributed by atoms with Crippen molar-refractivity contribution in [3.05, 3.63) is 66.0 Å². The van der Waals surface area contributed by atoms with Gasteiger partial charge in [0.25, 0.3) is 0 Å². The summed E-state index contributed by atoms with van der Waals surface area (Å²) in [6.45, 7) is 0.443. The van der Waals surface area contributed by atoms with Crippen molar-refractivity contribution in [2.45, 2.75) is 31.1 Å². The van der Waals surface area contributed by atoms with Crippen LogP contribution in [0.1, 0.15) is 17.0 Å². The third-order valence-electron chi connectivity index (χ3n) is 5.05. The second-order valence-electron chi connectivity index (χ2n) is 7.19. The van der Waals surface area contributed by atoms with Crippen molar-refractivity contribution in [2.24, 2.45) is 0 Å². The van der Waals surface area contributed by atoms with E-state index in [4.69, 9.17) is 4.42 Å². The van der Waals surface area contributed by atoms with Crippen LogP contribution in [-0.2, 0) is 40.7 Å². The molecule has 5 rings (SSSR count). The van der Waals surface area contributed by atoms with Crippen LogP contribution in [0.2, 0.25) is 0 Å². The lowest BCUT2D eigenvalue weighted by atomic mass is 10.2. The van der Waals surface area contributed by atoms with Gasteiger partial charge >= 0.3 is 0 Å². The zero-order valence-electron chi connectivity index (χ0n) is 16.6. The molecule has 31 heavy (non-hydrogen) atoms. The van der Waals surface area contributed by atoms with E-state index in [2.05, 4.69) is 20.7 Å². The van der Waals surface area contributed by atoms with Crippen LogP contribution < -0.4 is 10.6 Å². The van der Waals surface area contributed by atoms with E-state index in [0.29, 0.717) is 18.1 Å². The molecular weight excluding hydrogens is 416 g/mol. The first-order valence-corrected chi connectivity index (χ1v) is 11.0. The summed E-state index contributed by atoms with van der Waals surface area (Å²) in [7, 11) is 0. The Morgan fingerprint density at radius 3 is 2.87 bits per heavy atom. The highest BCUT2D eigenvalue weighted by atomic mass is 32.2. The summed E-state index contributed by atoms with van der Waals surface area (Å²) < 4.78 is 8.61. The van der Waals surface area contributed by atoms with Crippen molar-refractivity contribution in [3.8, 4) is 0 Å². The van der Waals surface area contributed by atoms with Gasteiger partial charge in [0.15, 0.2) is 0 Å². The number of hydrogen-bond acceptors (Lipinski definition) is 6. The summed E-state index contributed by atoms with van der Waals surface area (Å²) in [6, 6.07) is 11.2. The van der Waals surface area contributed by atoms with E-state index < -0.39 is 0 Å². The maximum atomic E-state index is 12.8. The molecule has 1 aromatic carbocycles. The van der Waals surface area contributed by atoms with Crippen molar-refractivity contribution in [1.29, 1.82) is 0 Å². The van der Waals surface area contributed by atoms with Crippen LogP contribution in [0.25, 0.3) is 11.0 Å². The van der Waals surface area contributed by atoms with Gasteiger partial charge in [-0.25, -0.2) is 9.67 Å². The molecule has 0 aliphatic carbocycles. The molecule has 0 unspecified atom stereocenters. The molecule has 0 atom stereocenters. The highest BCUT2D eigenvalue weighted by molar-refractivity contribution is 7.98. The number of amides is 2. The largest absolute Gasteiger partial charge is 0.467 e. The second kappa shape index (κ2) is 8.31. The number of nitrogens with zero attached hydrogens (tertiary/aromatic N) is 4. The zero-order valence-corrected chi connectivity index (χ0v) is 17.4. The molecular formula is C21H20N6O3S. The maximum Gasteiger partial charge on any atom is 0.245 e. The minimum absolute atomic E-state index is 0.0159. The molecule has 0 saturated heterocycles. The van der Waals surface area contributed by atoms with Gasteiger partial charge in [0.2, 0.25) is 11.8 Å². The lowest BCUT2D eigenvalue weighted by Gasteiger charge is -2.12. The van der Waals surface area contributed by atoms with E-state index in [-0.39, 0.29) is 24.9 Å². The highest BCUT2D eigenvalue weighted by Gasteiger charge is 2.25. The van der Waals surface area contributed by atoms with E-state index in [1.807, 2.05) is 24.3 Å². The number of imidazole rings is 1. The fourth-order valence-electron chi connectivity index (χ4n) is 3.57. The van der Waals surface area contributed by atoms with Gasteiger partial charge in [-0.3, -0.25) is 9.59 Å². The van der Waals surface area contributed by atoms with Gasteiger partial charge < -0.3 is 19.6 Å². The van der Waals surface area contributed by atoms with Gasteiger partial charge in [-0.15, -0.1) is 0 Å². The Kier molecular flexibility index (Phi) is 5.21. The van der Waals surface area contributed by atoms with E-state index in [9.17, 15) is 9.59 Å². The molecule has 4 aromatic rings. The third kappa shape index (κ3) is 4.06. The first kappa shape index (κ1) is 19.4. The lowest BCUT2D eigenvalue weighted by Crippen LogP contribution is -2.29. The van der Waals surface area contributed by atoms with Crippen molar-refractivity contribution in [2.75, 3.05) is 5.32 Å². The smallest absolute Gasteiger partial charge is 0.245 e. The fraction of sp³-hybridized carbons (Fsp3) is 0.238. The maximum absolute atomic E-state index is 12.8. The number of anilines is 1. The predicted octanol–water partition coefficient (Wildman–Crippen LogP) is 2.53. The van der Waals surface area contributed by atoms with Crippen LogP contribution >= 0.6 is 11.8 Å². The highest BCUT2D eigenvalue weighted by Crippen LogP contribution is 2.34. The Morgan fingerprint density at radius 1 is 1.10 bits per heavy atom. The Hall–Kier alpha value is -3.53. The topological polar surface area (TPSA) is 107 Å². The van der Waals surface area contributed by atoms with Crippen molar-refractivity contribution < 1.29 is 14.0 Å². The molecule has 4 heterocycles. The molecule has 0 bridgehead atoms. The molecule has 0 fully saturated rings. The van der Waals surface area contributed by atoms with Gasteiger partial charge in [0.1, 0.15) is 24.7 Å². The molecule has 0 saturated carbocycles. The first-order chi connectivity index (χ1) is 15.2. The quantitative estimate of drug-likeness (QED) is 0.461. The minimum atomic E-state index is -0.207. The van der Waals surface area contributed by atoms with Gasteiger partial charge in [0.05, 0.1) is 35.9 Å². The average molecular weight is 436 g/mol. The van der Waals surface area contributed by atoms with Crippen LogP contribution in [0, 0.1) is 0 Å². The number of carbonyl (C=O) groups is 2. The zero-order chi connectivity index (χ0) is 21.2. The van der Waals surface area contributed by atoms with E-state index in [0.717, 1.165) is 33.8 Å². The van der Waals surface area contributed by atoms with Crippen LogP contribution in [0.15, 0.2) is 53.4 Å². The first-order valence-electron chi connectivity index (χ1n) is 9.82. The number of fused-ring (bicyclic) bond motifs is 2. The molecule has 1 aliphatic rings. The molecule has 9 nitrogen and oxygen atoms in total. The molecule has 2 N–H and O–H groups in total. The van der Waals surface area contributed by atoms with E-state index >= 15 is 0 Å². The number of hydrogen-bond donors (Lipinski definition) is 2. The molecule has 2 amide bonds. The second-order valence-corrected chi connectivity index (χ2v) is 8.18. The van der Waals surface area contributed by atoms with Crippen LogP contribution in [0.3, 0.4) is 0 Å². The SMILES string of the molecule is O=C(Cn1nc2c(c1NC(=O)Cn1cnc3ccccc31)CSC2)NCc1ccco1. The summed E-state index contributed by atoms with van der Waals surface area (Å²) in [5, 5.41) is 10.3. The summed E-state index contributed by atoms with van der Waals surface area (Å²) in [5.41, 5.74) is 3.62. The molecule has 158 valence electrons. The minimum Gasteiger partial charge on any atom is -0.467 e. The number of carbonyl (C=O) groups excluding carboxylic acids is 2. The van der Waals surface area contributed by atoms with Crippen molar-refractivity contribution >= 4 is 40.4 Å². The Labute approximate surface area is 181 Å². The normalized spacial score (nSPS) is 12.8. The molecule has 1 aliphatic heterocycles. The third-order valence-corrected chi connectivity index (χ3v) is 6.02. The van der Waals surface area contributed by atoms with Gasteiger partial charge in [0, 0.05) is 17.1 Å². The van der Waals surface area contributed by atoms with Crippen LogP contribution in [-0.4, -0.2) is 31.1 Å². The summed E-state index contributed by atoms with van der Waals surface area (Å²) >= 11 is 1.74. The number of furan rings is 1. The predicted molar refractivity (Wildman–Crippen MR) is 116 cm³/mol. The summed E-state index contributed by atoms with van der Waals surface area (Å²) in [4.78, 5) is 29.6. The van der Waals surface area contributed by atoms with Gasteiger partial charge in [-0.1, -0.05) is 12.1 Å². The molecule has 10 heteroatoms. The molecule has 0 radical (unpaired) electrons. The van der Waals surface area contributed by atoms with Crippen molar-refractivity contribution in [1.82, 2.24) is 24.6 Å². The van der Waals surface area contributed by atoms with E-state index in [1.165, 1.54) is 0 Å². The van der Waals surface area contributed by atoms with Gasteiger partial charge in [-0.2, -0.15) is 16.9 Å². The van der Waals surface area contributed by atoms with Crippen LogP contribution in [0.5, 0.6) is 0 Å². The fourth-order valence-corrected chi connectivity index (χ4v) is 4.61. The lowest BCUT2D eigenvalue weighted by molar-refractivity contribution is -0.122. The Balaban J connectivity index is 1.30. The van der Waals surface area contributed by atoms with Crippen LogP contribution in [0.4, 0.5) is 5.82 Å². The average Bonchev–Trinajstić information content (AvgIpc) is 3.54. The number of nitrogens with one attached hydrogen (secondary N) is 2. The summed E-state index contributed by atoms with van der Waals surface area (Å²) in [5.74, 6) is 2.39.